The number of hydrogen-bond donors (Lipinski definition) is 1. The van der Waals surface area contributed by atoms with Gasteiger partial charge in [-0.25, -0.2) is 9.97 Å². The molecule has 1 N–H and O–H groups in total. The van der Waals surface area contributed by atoms with E-state index < -0.39 is 0 Å². The number of rotatable bonds is 7. The Hall–Kier alpha value is -1.20. The van der Waals surface area contributed by atoms with Crippen LogP contribution in [0.5, 0.6) is 0 Å². The molecular formula is C11H19N3O2. The van der Waals surface area contributed by atoms with E-state index >= 15 is 0 Å². The molecule has 1 aromatic rings. The monoisotopic (exact) mass is 225 g/mol. The van der Waals surface area contributed by atoms with Crippen molar-refractivity contribution in [1.29, 1.82) is 0 Å². The Balaban J connectivity index is 2.38. The molecule has 5 heteroatoms. The first-order chi connectivity index (χ1) is 7.76. The van der Waals surface area contributed by atoms with Crippen molar-refractivity contribution in [2.75, 3.05) is 32.7 Å². The number of anilines is 1. The van der Waals surface area contributed by atoms with Crippen LogP contribution in [0.4, 0.5) is 5.82 Å². The van der Waals surface area contributed by atoms with E-state index in [-0.39, 0.29) is 0 Å². The van der Waals surface area contributed by atoms with Crippen molar-refractivity contribution in [1.82, 2.24) is 9.97 Å². The highest BCUT2D eigenvalue weighted by Crippen LogP contribution is 2.06. The Bertz CT molecular complexity index is 318. The highest BCUT2D eigenvalue weighted by Gasteiger charge is 2.01. The Labute approximate surface area is 96.2 Å². The fraction of sp³-hybridized carbons (Fsp3) is 0.636. The van der Waals surface area contributed by atoms with Gasteiger partial charge < -0.3 is 14.8 Å². The first-order valence-corrected chi connectivity index (χ1v) is 5.35. The molecule has 0 saturated carbocycles. The highest BCUT2D eigenvalue weighted by atomic mass is 16.5. The van der Waals surface area contributed by atoms with Crippen LogP contribution in [0.3, 0.4) is 0 Å². The zero-order valence-corrected chi connectivity index (χ0v) is 10.1. The molecule has 1 rings (SSSR count). The number of aromatic nitrogens is 2. The zero-order chi connectivity index (χ0) is 11.8. The van der Waals surface area contributed by atoms with Gasteiger partial charge in [-0.2, -0.15) is 0 Å². The van der Waals surface area contributed by atoms with Crippen molar-refractivity contribution in [2.24, 2.45) is 0 Å². The molecule has 0 saturated heterocycles. The van der Waals surface area contributed by atoms with E-state index in [9.17, 15) is 0 Å². The maximum Gasteiger partial charge on any atom is 0.156 e. The molecule has 1 heterocycles. The van der Waals surface area contributed by atoms with E-state index in [2.05, 4.69) is 15.3 Å². The number of nitrogens with zero attached hydrogens (tertiary/aromatic N) is 2. The van der Waals surface area contributed by atoms with Gasteiger partial charge >= 0.3 is 0 Å². The maximum absolute atomic E-state index is 5.44. The third kappa shape index (κ3) is 4.55. The minimum absolute atomic E-state index is 0.445. The molecule has 0 spiro atoms. The summed E-state index contributed by atoms with van der Waals surface area (Å²) in [6, 6.07) is 1.90. The van der Waals surface area contributed by atoms with E-state index in [0.29, 0.717) is 19.0 Å². The summed E-state index contributed by atoms with van der Waals surface area (Å²) >= 11 is 0. The van der Waals surface area contributed by atoms with Crippen molar-refractivity contribution in [2.45, 2.75) is 20.0 Å². The largest absolute Gasteiger partial charge is 0.385 e. The molecule has 0 aliphatic rings. The predicted molar refractivity (Wildman–Crippen MR) is 62.5 cm³/mol. The van der Waals surface area contributed by atoms with Crippen molar-refractivity contribution in [3.8, 4) is 0 Å². The minimum Gasteiger partial charge on any atom is -0.385 e. The van der Waals surface area contributed by atoms with Crippen molar-refractivity contribution < 1.29 is 9.47 Å². The fourth-order valence-corrected chi connectivity index (χ4v) is 1.29. The van der Waals surface area contributed by atoms with Gasteiger partial charge in [-0.15, -0.1) is 0 Å². The summed E-state index contributed by atoms with van der Waals surface area (Å²) in [6.07, 6.45) is 0.890. The molecule has 16 heavy (non-hydrogen) atoms. The van der Waals surface area contributed by atoms with E-state index in [1.807, 2.05) is 20.0 Å². The lowest BCUT2D eigenvalue weighted by Crippen LogP contribution is -2.05. The van der Waals surface area contributed by atoms with Gasteiger partial charge in [-0.3, -0.25) is 0 Å². The fourth-order valence-electron chi connectivity index (χ4n) is 1.29. The Morgan fingerprint density at radius 2 is 2.12 bits per heavy atom. The molecule has 0 radical (unpaired) electrons. The van der Waals surface area contributed by atoms with Gasteiger partial charge in [0.25, 0.3) is 0 Å². The lowest BCUT2D eigenvalue weighted by Gasteiger charge is -2.06. The molecular weight excluding hydrogens is 206 g/mol. The lowest BCUT2D eigenvalue weighted by atomic mass is 10.4. The molecule has 1 aromatic heterocycles. The van der Waals surface area contributed by atoms with Gasteiger partial charge in [0.2, 0.25) is 0 Å². The van der Waals surface area contributed by atoms with E-state index in [0.717, 1.165) is 24.5 Å². The molecule has 0 aliphatic heterocycles. The summed E-state index contributed by atoms with van der Waals surface area (Å²) < 4.78 is 10.4. The van der Waals surface area contributed by atoms with Crippen LogP contribution in [0.15, 0.2) is 6.07 Å². The third-order valence-electron chi connectivity index (χ3n) is 2.02. The van der Waals surface area contributed by atoms with Gasteiger partial charge in [-0.05, 0) is 13.3 Å². The molecule has 5 nitrogen and oxygen atoms in total. The van der Waals surface area contributed by atoms with Gasteiger partial charge in [0.05, 0.1) is 0 Å². The Morgan fingerprint density at radius 3 is 2.81 bits per heavy atom. The van der Waals surface area contributed by atoms with E-state index in [1.165, 1.54) is 0 Å². The quantitative estimate of drug-likeness (QED) is 0.710. The second-order valence-corrected chi connectivity index (χ2v) is 3.46. The van der Waals surface area contributed by atoms with E-state index in [1.54, 1.807) is 7.11 Å². The first-order valence-electron chi connectivity index (χ1n) is 5.35. The van der Waals surface area contributed by atoms with Gasteiger partial charge in [0.1, 0.15) is 12.4 Å². The molecule has 0 aliphatic carbocycles. The normalized spacial score (nSPS) is 10.4. The van der Waals surface area contributed by atoms with Crippen molar-refractivity contribution in [3.63, 3.8) is 0 Å². The third-order valence-corrected chi connectivity index (χ3v) is 2.02. The predicted octanol–water partition coefficient (Wildman–Crippen LogP) is 1.38. The Kier molecular flexibility index (Phi) is 5.74. The molecule has 0 amide bonds. The van der Waals surface area contributed by atoms with E-state index in [4.69, 9.17) is 9.47 Å². The first kappa shape index (κ1) is 12.9. The summed E-state index contributed by atoms with van der Waals surface area (Å²) in [5, 5.41) is 2.99. The molecule has 0 bridgehead atoms. The summed E-state index contributed by atoms with van der Waals surface area (Å²) in [6.45, 7) is 3.77. The van der Waals surface area contributed by atoms with Crippen LogP contribution in [0.2, 0.25) is 0 Å². The standard InChI is InChI=1S/C11H19N3O2/c1-9-7-10(12-2)14-11(13-9)8-16-6-4-5-15-3/h7H,4-6,8H2,1-3H3,(H,12,13,14). The lowest BCUT2D eigenvalue weighted by molar-refractivity contribution is 0.0890. The molecule has 0 unspecified atom stereocenters. The van der Waals surface area contributed by atoms with Crippen LogP contribution >= 0.6 is 0 Å². The van der Waals surface area contributed by atoms with Crippen LogP contribution in [-0.2, 0) is 16.1 Å². The average molecular weight is 225 g/mol. The van der Waals surface area contributed by atoms with Gasteiger partial charge in [0.15, 0.2) is 5.82 Å². The van der Waals surface area contributed by atoms with Crippen molar-refractivity contribution in [3.05, 3.63) is 17.6 Å². The second kappa shape index (κ2) is 7.14. The van der Waals surface area contributed by atoms with Crippen LogP contribution in [-0.4, -0.2) is 37.3 Å². The summed E-state index contributed by atoms with van der Waals surface area (Å²) in [5.41, 5.74) is 0.940. The highest BCUT2D eigenvalue weighted by molar-refractivity contribution is 5.34. The summed E-state index contributed by atoms with van der Waals surface area (Å²) in [7, 11) is 3.52. The Morgan fingerprint density at radius 1 is 1.31 bits per heavy atom. The number of ether oxygens (including phenoxy) is 2. The summed E-state index contributed by atoms with van der Waals surface area (Å²) in [4.78, 5) is 8.58. The smallest absolute Gasteiger partial charge is 0.156 e. The summed E-state index contributed by atoms with van der Waals surface area (Å²) in [5.74, 6) is 1.53. The molecule has 0 aromatic carbocycles. The van der Waals surface area contributed by atoms with Crippen molar-refractivity contribution >= 4 is 5.82 Å². The SMILES string of the molecule is CNc1cc(C)nc(COCCCOC)n1. The zero-order valence-electron chi connectivity index (χ0n) is 10.1. The molecule has 0 fully saturated rings. The average Bonchev–Trinajstić information content (AvgIpc) is 2.28. The minimum atomic E-state index is 0.445. The van der Waals surface area contributed by atoms with Crippen LogP contribution in [0.25, 0.3) is 0 Å². The second-order valence-electron chi connectivity index (χ2n) is 3.46. The van der Waals surface area contributed by atoms with Gasteiger partial charge in [-0.1, -0.05) is 0 Å². The van der Waals surface area contributed by atoms with Crippen LogP contribution in [0, 0.1) is 6.92 Å². The van der Waals surface area contributed by atoms with Crippen LogP contribution < -0.4 is 5.32 Å². The number of methoxy groups -OCH3 is 1. The number of aryl methyl sites for hydroxylation is 1. The number of hydrogen-bond acceptors (Lipinski definition) is 5. The topological polar surface area (TPSA) is 56.3 Å². The van der Waals surface area contributed by atoms with Crippen LogP contribution in [0.1, 0.15) is 17.9 Å². The number of nitrogens with one attached hydrogen (secondary N) is 1. The molecule has 90 valence electrons. The maximum atomic E-state index is 5.44. The molecule has 0 atom stereocenters. The van der Waals surface area contributed by atoms with Gasteiger partial charge in [0, 0.05) is 39.1 Å².